The molecule has 0 spiro atoms. The van der Waals surface area contributed by atoms with E-state index in [1.165, 1.54) is 0 Å². The fourth-order valence-corrected chi connectivity index (χ4v) is 2.08. The predicted molar refractivity (Wildman–Crippen MR) is 68.3 cm³/mol. The molecular weight excluding hydrogens is 230 g/mol. The minimum atomic E-state index is -0.0667. The summed E-state index contributed by atoms with van der Waals surface area (Å²) in [5.41, 5.74) is 7.21. The van der Waals surface area contributed by atoms with Crippen LogP contribution in [0.1, 0.15) is 22.8 Å². The predicted octanol–water partition coefficient (Wildman–Crippen LogP) is 0.578. The largest absolute Gasteiger partial charge is 0.373 e. The van der Waals surface area contributed by atoms with E-state index in [-0.39, 0.29) is 18.1 Å². The van der Waals surface area contributed by atoms with Gasteiger partial charge in [-0.2, -0.15) is 0 Å². The van der Waals surface area contributed by atoms with Gasteiger partial charge in [-0.25, -0.2) is 0 Å². The first-order chi connectivity index (χ1) is 8.61. The number of rotatable bonds is 2. The van der Waals surface area contributed by atoms with Crippen LogP contribution in [0.3, 0.4) is 0 Å². The Morgan fingerprint density at radius 1 is 1.61 bits per heavy atom. The van der Waals surface area contributed by atoms with Gasteiger partial charge in [-0.05, 0) is 25.5 Å². The standard InChI is InChI=1S/C13H19N3O2/c1-9-3-11(6-15-5-9)13(17)16-7-12(4-14)18-8-10(16)2/h3,5-6,10,12H,4,7-8,14H2,1-2H3. The summed E-state index contributed by atoms with van der Waals surface area (Å²) in [5, 5.41) is 0. The van der Waals surface area contributed by atoms with Crippen molar-refractivity contribution in [2.45, 2.75) is 26.0 Å². The molecule has 98 valence electrons. The maximum Gasteiger partial charge on any atom is 0.255 e. The number of morpholine rings is 1. The normalized spacial score (nSPS) is 24.1. The molecule has 1 aromatic heterocycles. The van der Waals surface area contributed by atoms with Crippen LogP contribution in [0.2, 0.25) is 0 Å². The van der Waals surface area contributed by atoms with Crippen LogP contribution in [-0.4, -0.2) is 47.6 Å². The van der Waals surface area contributed by atoms with Crippen molar-refractivity contribution < 1.29 is 9.53 Å². The lowest BCUT2D eigenvalue weighted by Crippen LogP contribution is -2.52. The molecular formula is C13H19N3O2. The summed E-state index contributed by atoms with van der Waals surface area (Å²) in [6.45, 7) is 5.42. The van der Waals surface area contributed by atoms with Crippen LogP contribution < -0.4 is 5.73 Å². The lowest BCUT2D eigenvalue weighted by molar-refractivity contribution is -0.0426. The lowest BCUT2D eigenvalue weighted by atomic mass is 10.1. The van der Waals surface area contributed by atoms with Gasteiger partial charge in [0, 0.05) is 25.5 Å². The highest BCUT2D eigenvalue weighted by atomic mass is 16.5. The molecule has 1 fully saturated rings. The van der Waals surface area contributed by atoms with Crippen molar-refractivity contribution in [1.29, 1.82) is 0 Å². The van der Waals surface area contributed by atoms with Crippen LogP contribution in [0, 0.1) is 6.92 Å². The Morgan fingerprint density at radius 2 is 2.39 bits per heavy atom. The zero-order valence-corrected chi connectivity index (χ0v) is 10.8. The Labute approximate surface area is 107 Å². The van der Waals surface area contributed by atoms with E-state index in [1.807, 2.05) is 24.8 Å². The Balaban J connectivity index is 2.16. The first-order valence-electron chi connectivity index (χ1n) is 6.16. The smallest absolute Gasteiger partial charge is 0.255 e. The average molecular weight is 249 g/mol. The second kappa shape index (κ2) is 5.46. The number of hydrogen-bond acceptors (Lipinski definition) is 4. The lowest BCUT2D eigenvalue weighted by Gasteiger charge is -2.37. The highest BCUT2D eigenvalue weighted by Gasteiger charge is 2.29. The molecule has 2 atom stereocenters. The van der Waals surface area contributed by atoms with Crippen molar-refractivity contribution in [3.8, 4) is 0 Å². The Bertz CT molecular complexity index is 436. The average Bonchev–Trinajstić information content (AvgIpc) is 2.38. The molecule has 1 saturated heterocycles. The van der Waals surface area contributed by atoms with Crippen LogP contribution in [0.4, 0.5) is 0 Å². The molecule has 0 saturated carbocycles. The quantitative estimate of drug-likeness (QED) is 0.832. The van der Waals surface area contributed by atoms with Crippen LogP contribution >= 0.6 is 0 Å². The van der Waals surface area contributed by atoms with Crippen molar-refractivity contribution in [2.24, 2.45) is 5.73 Å². The third-order valence-electron chi connectivity index (χ3n) is 3.15. The number of aromatic nitrogens is 1. The third kappa shape index (κ3) is 2.68. The minimum absolute atomic E-state index is 0.000417. The fraction of sp³-hybridized carbons (Fsp3) is 0.538. The number of hydrogen-bond donors (Lipinski definition) is 1. The molecule has 2 rings (SSSR count). The van der Waals surface area contributed by atoms with E-state index < -0.39 is 0 Å². The van der Waals surface area contributed by atoms with E-state index in [1.54, 1.807) is 12.4 Å². The molecule has 1 aliphatic rings. The Hall–Kier alpha value is -1.46. The van der Waals surface area contributed by atoms with E-state index in [0.29, 0.717) is 25.3 Å². The van der Waals surface area contributed by atoms with E-state index in [0.717, 1.165) is 5.56 Å². The number of carbonyl (C=O) groups is 1. The van der Waals surface area contributed by atoms with Crippen LogP contribution in [0.15, 0.2) is 18.5 Å². The molecule has 1 aliphatic heterocycles. The summed E-state index contributed by atoms with van der Waals surface area (Å²) < 4.78 is 5.54. The number of nitrogens with zero attached hydrogens (tertiary/aromatic N) is 2. The summed E-state index contributed by atoms with van der Waals surface area (Å²) in [4.78, 5) is 18.3. The summed E-state index contributed by atoms with van der Waals surface area (Å²) in [6.07, 6.45) is 3.28. The van der Waals surface area contributed by atoms with Crippen molar-refractivity contribution in [3.63, 3.8) is 0 Å². The van der Waals surface area contributed by atoms with E-state index in [9.17, 15) is 4.79 Å². The fourth-order valence-electron chi connectivity index (χ4n) is 2.08. The molecule has 2 N–H and O–H groups in total. The summed E-state index contributed by atoms with van der Waals surface area (Å²) in [7, 11) is 0. The second-order valence-corrected chi connectivity index (χ2v) is 4.75. The van der Waals surface area contributed by atoms with Gasteiger partial charge in [0.05, 0.1) is 24.3 Å². The van der Waals surface area contributed by atoms with Crippen molar-refractivity contribution in [1.82, 2.24) is 9.88 Å². The summed E-state index contributed by atoms with van der Waals surface area (Å²) >= 11 is 0. The van der Waals surface area contributed by atoms with Gasteiger partial charge < -0.3 is 15.4 Å². The maximum atomic E-state index is 12.4. The zero-order chi connectivity index (χ0) is 13.1. The van der Waals surface area contributed by atoms with E-state index in [2.05, 4.69) is 4.98 Å². The Kier molecular flexibility index (Phi) is 3.93. The van der Waals surface area contributed by atoms with E-state index in [4.69, 9.17) is 10.5 Å². The number of ether oxygens (including phenoxy) is 1. The molecule has 0 aromatic carbocycles. The van der Waals surface area contributed by atoms with Gasteiger partial charge in [0.15, 0.2) is 0 Å². The molecule has 5 heteroatoms. The van der Waals surface area contributed by atoms with Gasteiger partial charge in [0.1, 0.15) is 0 Å². The molecule has 2 unspecified atom stereocenters. The first kappa shape index (κ1) is 13.0. The van der Waals surface area contributed by atoms with Gasteiger partial charge in [0.25, 0.3) is 5.91 Å². The first-order valence-corrected chi connectivity index (χ1v) is 6.16. The number of carbonyl (C=O) groups excluding carboxylic acids is 1. The molecule has 2 heterocycles. The molecule has 18 heavy (non-hydrogen) atoms. The third-order valence-corrected chi connectivity index (χ3v) is 3.15. The number of pyridine rings is 1. The van der Waals surface area contributed by atoms with Gasteiger partial charge in [-0.15, -0.1) is 0 Å². The van der Waals surface area contributed by atoms with Crippen molar-refractivity contribution in [2.75, 3.05) is 19.7 Å². The van der Waals surface area contributed by atoms with E-state index >= 15 is 0 Å². The van der Waals surface area contributed by atoms with Crippen LogP contribution in [0.5, 0.6) is 0 Å². The van der Waals surface area contributed by atoms with Crippen molar-refractivity contribution >= 4 is 5.91 Å². The number of aryl methyl sites for hydroxylation is 1. The Morgan fingerprint density at radius 3 is 3.06 bits per heavy atom. The summed E-state index contributed by atoms with van der Waals surface area (Å²) in [6, 6.07) is 1.93. The summed E-state index contributed by atoms with van der Waals surface area (Å²) in [5.74, 6) is 0.000417. The van der Waals surface area contributed by atoms with Gasteiger partial charge >= 0.3 is 0 Å². The van der Waals surface area contributed by atoms with Crippen LogP contribution in [-0.2, 0) is 4.74 Å². The SMILES string of the molecule is Cc1cncc(C(=O)N2CC(CN)OCC2C)c1. The number of nitrogens with two attached hydrogens (primary N) is 1. The maximum absolute atomic E-state index is 12.4. The zero-order valence-electron chi connectivity index (χ0n) is 10.8. The molecule has 5 nitrogen and oxygen atoms in total. The minimum Gasteiger partial charge on any atom is -0.373 e. The van der Waals surface area contributed by atoms with Gasteiger partial charge in [-0.3, -0.25) is 9.78 Å². The molecule has 0 radical (unpaired) electrons. The van der Waals surface area contributed by atoms with Crippen molar-refractivity contribution in [3.05, 3.63) is 29.6 Å². The molecule has 1 aromatic rings. The molecule has 1 amide bonds. The topological polar surface area (TPSA) is 68.5 Å². The van der Waals surface area contributed by atoms with Gasteiger partial charge in [0.2, 0.25) is 0 Å². The highest BCUT2D eigenvalue weighted by Crippen LogP contribution is 2.15. The molecule has 0 bridgehead atoms. The molecule has 0 aliphatic carbocycles. The monoisotopic (exact) mass is 249 g/mol. The van der Waals surface area contributed by atoms with Crippen LogP contribution in [0.25, 0.3) is 0 Å². The second-order valence-electron chi connectivity index (χ2n) is 4.75. The highest BCUT2D eigenvalue weighted by molar-refractivity contribution is 5.94. The number of amides is 1. The van der Waals surface area contributed by atoms with Gasteiger partial charge in [-0.1, -0.05) is 0 Å².